The highest BCUT2D eigenvalue weighted by Crippen LogP contribution is 2.14. The van der Waals surface area contributed by atoms with Crippen LogP contribution in [0, 0.1) is 6.92 Å². The van der Waals surface area contributed by atoms with Gasteiger partial charge in [0.05, 0.1) is 11.0 Å². The highest BCUT2D eigenvalue weighted by Gasteiger charge is 2.09. The quantitative estimate of drug-likeness (QED) is 0.360. The summed E-state index contributed by atoms with van der Waals surface area (Å²) in [6, 6.07) is 16.4. The second-order valence-electron chi connectivity index (χ2n) is 6.46. The van der Waals surface area contributed by atoms with Crippen LogP contribution in [0.5, 0.6) is 0 Å². The standard InChI is InChI=1S/C22H18N4O2/c1-14-4-10-17-18(13-14)25-21(24-17)19(27)11-7-15-5-8-16(9-6-15)22(28)26-20-3-2-12-23-20/h2-13,23H,1H3,(H,24,25)(H,26,28). The molecule has 0 spiro atoms. The lowest BCUT2D eigenvalue weighted by molar-refractivity contribution is 0.102. The van der Waals surface area contributed by atoms with Crippen LogP contribution in [0.2, 0.25) is 0 Å². The molecule has 0 saturated carbocycles. The molecular formula is C22H18N4O2. The van der Waals surface area contributed by atoms with E-state index in [2.05, 4.69) is 20.3 Å². The van der Waals surface area contributed by atoms with Crippen molar-refractivity contribution in [2.24, 2.45) is 0 Å². The van der Waals surface area contributed by atoms with E-state index in [0.29, 0.717) is 17.2 Å². The predicted octanol–water partition coefficient (Wildman–Crippen LogP) is 4.35. The average Bonchev–Trinajstić information content (AvgIpc) is 3.35. The van der Waals surface area contributed by atoms with Gasteiger partial charge in [-0.3, -0.25) is 9.59 Å². The molecule has 2 aromatic carbocycles. The Balaban J connectivity index is 1.44. The largest absolute Gasteiger partial charge is 0.348 e. The molecule has 6 nitrogen and oxygen atoms in total. The van der Waals surface area contributed by atoms with Crippen LogP contribution in [0.1, 0.15) is 32.1 Å². The number of hydrogen-bond donors (Lipinski definition) is 3. The van der Waals surface area contributed by atoms with E-state index in [0.717, 1.165) is 22.2 Å². The molecule has 0 atom stereocenters. The molecule has 1 amide bonds. The number of carbonyl (C=O) groups excluding carboxylic acids is 2. The van der Waals surface area contributed by atoms with E-state index in [-0.39, 0.29) is 11.7 Å². The Labute approximate surface area is 161 Å². The number of anilines is 1. The lowest BCUT2D eigenvalue weighted by Crippen LogP contribution is -2.11. The highest BCUT2D eigenvalue weighted by atomic mass is 16.1. The Morgan fingerprint density at radius 2 is 1.89 bits per heavy atom. The number of hydrogen-bond acceptors (Lipinski definition) is 3. The summed E-state index contributed by atoms with van der Waals surface area (Å²) in [6.07, 6.45) is 4.91. The molecule has 28 heavy (non-hydrogen) atoms. The normalized spacial score (nSPS) is 11.2. The van der Waals surface area contributed by atoms with Crippen LogP contribution in [0.15, 0.2) is 66.9 Å². The number of benzene rings is 2. The number of nitrogens with one attached hydrogen (secondary N) is 3. The van der Waals surface area contributed by atoms with Crippen LogP contribution >= 0.6 is 0 Å². The molecule has 2 heterocycles. The summed E-state index contributed by atoms with van der Waals surface area (Å²) in [4.78, 5) is 34.8. The van der Waals surface area contributed by atoms with Gasteiger partial charge in [-0.2, -0.15) is 0 Å². The number of imidazole rings is 1. The van der Waals surface area contributed by atoms with Crippen molar-refractivity contribution in [3.05, 3.63) is 89.4 Å². The number of nitrogens with zero attached hydrogens (tertiary/aromatic N) is 1. The van der Waals surface area contributed by atoms with Crippen molar-refractivity contribution in [3.63, 3.8) is 0 Å². The molecule has 2 aromatic heterocycles. The lowest BCUT2D eigenvalue weighted by atomic mass is 10.1. The van der Waals surface area contributed by atoms with Crippen LogP contribution in [0.4, 0.5) is 5.82 Å². The van der Waals surface area contributed by atoms with Gasteiger partial charge < -0.3 is 15.3 Å². The minimum atomic E-state index is -0.206. The van der Waals surface area contributed by atoms with Crippen molar-refractivity contribution in [1.82, 2.24) is 15.0 Å². The number of ketones is 1. The molecule has 0 aliphatic heterocycles. The maximum atomic E-state index is 12.4. The van der Waals surface area contributed by atoms with Crippen molar-refractivity contribution < 1.29 is 9.59 Å². The molecule has 4 aromatic rings. The Kier molecular flexibility index (Phi) is 4.60. The number of H-pyrrole nitrogens is 2. The zero-order valence-corrected chi connectivity index (χ0v) is 15.2. The third-order valence-electron chi connectivity index (χ3n) is 4.32. The monoisotopic (exact) mass is 370 g/mol. The molecule has 0 bridgehead atoms. The van der Waals surface area contributed by atoms with E-state index >= 15 is 0 Å². The fourth-order valence-electron chi connectivity index (χ4n) is 2.84. The smallest absolute Gasteiger partial charge is 0.256 e. The van der Waals surface area contributed by atoms with Crippen LogP contribution in [-0.2, 0) is 0 Å². The summed E-state index contributed by atoms with van der Waals surface area (Å²) in [7, 11) is 0. The van der Waals surface area contributed by atoms with E-state index in [1.807, 2.05) is 31.2 Å². The van der Waals surface area contributed by atoms with Gasteiger partial charge in [-0.05, 0) is 60.5 Å². The van der Waals surface area contributed by atoms with Crippen molar-refractivity contribution in [2.75, 3.05) is 5.32 Å². The topological polar surface area (TPSA) is 90.6 Å². The molecule has 0 saturated heterocycles. The third kappa shape index (κ3) is 3.76. The van der Waals surface area contributed by atoms with E-state index in [4.69, 9.17) is 0 Å². The highest BCUT2D eigenvalue weighted by molar-refractivity contribution is 6.06. The molecule has 6 heteroatoms. The van der Waals surface area contributed by atoms with Gasteiger partial charge >= 0.3 is 0 Å². The van der Waals surface area contributed by atoms with E-state index < -0.39 is 0 Å². The molecule has 0 aliphatic carbocycles. The molecule has 138 valence electrons. The first kappa shape index (κ1) is 17.5. The lowest BCUT2D eigenvalue weighted by Gasteiger charge is -2.03. The first-order chi connectivity index (χ1) is 13.6. The second kappa shape index (κ2) is 7.36. The molecular weight excluding hydrogens is 352 g/mol. The van der Waals surface area contributed by atoms with Gasteiger partial charge in [-0.1, -0.05) is 24.3 Å². The fraction of sp³-hybridized carbons (Fsp3) is 0.0455. The maximum absolute atomic E-state index is 12.4. The summed E-state index contributed by atoms with van der Waals surface area (Å²) in [5, 5.41) is 2.77. The molecule has 0 aliphatic rings. The molecule has 0 fully saturated rings. The van der Waals surface area contributed by atoms with E-state index in [9.17, 15) is 9.59 Å². The number of rotatable bonds is 5. The molecule has 3 N–H and O–H groups in total. The van der Waals surface area contributed by atoms with E-state index in [1.165, 1.54) is 6.08 Å². The van der Waals surface area contributed by atoms with Crippen molar-refractivity contribution >= 4 is 34.6 Å². The second-order valence-corrected chi connectivity index (χ2v) is 6.46. The number of aryl methyl sites for hydroxylation is 1. The summed E-state index contributed by atoms with van der Waals surface area (Å²) in [5.41, 5.74) is 4.06. The first-order valence-corrected chi connectivity index (χ1v) is 8.82. The van der Waals surface area contributed by atoms with Gasteiger partial charge in [0.1, 0.15) is 5.82 Å². The molecule has 4 rings (SSSR count). The number of aromatic nitrogens is 3. The van der Waals surface area contributed by atoms with Crippen LogP contribution in [-0.4, -0.2) is 26.6 Å². The number of aromatic amines is 2. The summed E-state index contributed by atoms with van der Waals surface area (Å²) >= 11 is 0. The SMILES string of the molecule is Cc1ccc2nc(C(=O)C=Cc3ccc(C(=O)Nc4ccc[nH]4)cc3)[nH]c2c1. The Bertz CT molecular complexity index is 1170. The number of fused-ring (bicyclic) bond motifs is 1. The Morgan fingerprint density at radius 3 is 2.64 bits per heavy atom. The Hall–Kier alpha value is -3.93. The van der Waals surface area contributed by atoms with Gasteiger partial charge in [0.25, 0.3) is 5.91 Å². The van der Waals surface area contributed by atoms with Gasteiger partial charge in [-0.25, -0.2) is 4.98 Å². The summed E-state index contributed by atoms with van der Waals surface area (Å²) in [5.74, 6) is 0.536. The number of carbonyl (C=O) groups is 2. The zero-order valence-electron chi connectivity index (χ0n) is 15.2. The summed E-state index contributed by atoms with van der Waals surface area (Å²) in [6.45, 7) is 1.99. The predicted molar refractivity (Wildman–Crippen MR) is 109 cm³/mol. The van der Waals surface area contributed by atoms with Crippen LogP contribution in [0.3, 0.4) is 0 Å². The van der Waals surface area contributed by atoms with Gasteiger partial charge in [0.15, 0.2) is 5.82 Å². The van der Waals surface area contributed by atoms with Gasteiger partial charge in [0, 0.05) is 11.8 Å². The zero-order chi connectivity index (χ0) is 19.5. The van der Waals surface area contributed by atoms with Crippen molar-refractivity contribution in [2.45, 2.75) is 6.92 Å². The first-order valence-electron chi connectivity index (χ1n) is 8.82. The molecule has 0 radical (unpaired) electrons. The molecule has 0 unspecified atom stereocenters. The number of allylic oxidation sites excluding steroid dienone is 1. The van der Waals surface area contributed by atoms with Crippen molar-refractivity contribution in [1.29, 1.82) is 0 Å². The van der Waals surface area contributed by atoms with Crippen molar-refractivity contribution in [3.8, 4) is 0 Å². The number of amides is 1. The Morgan fingerprint density at radius 1 is 1.07 bits per heavy atom. The summed E-state index contributed by atoms with van der Waals surface area (Å²) < 4.78 is 0. The average molecular weight is 370 g/mol. The minimum Gasteiger partial charge on any atom is -0.348 e. The fourth-order valence-corrected chi connectivity index (χ4v) is 2.84. The minimum absolute atomic E-state index is 0.202. The van der Waals surface area contributed by atoms with Crippen LogP contribution in [0.25, 0.3) is 17.1 Å². The maximum Gasteiger partial charge on any atom is 0.256 e. The van der Waals surface area contributed by atoms with E-state index in [1.54, 1.807) is 42.6 Å². The van der Waals surface area contributed by atoms with Crippen LogP contribution < -0.4 is 5.32 Å². The van der Waals surface area contributed by atoms with Gasteiger partial charge in [-0.15, -0.1) is 0 Å². The van der Waals surface area contributed by atoms with Gasteiger partial charge in [0.2, 0.25) is 5.78 Å². The third-order valence-corrected chi connectivity index (χ3v) is 4.32.